The SMILES string of the molecule is C[C@]([NH3+])(Cc1ccc2c(c1)OCO2)C(N)=O. The number of rotatable bonds is 3. The molecule has 0 radical (unpaired) electrons. The molecule has 5 N–H and O–H groups in total. The summed E-state index contributed by atoms with van der Waals surface area (Å²) in [5.41, 5.74) is 9.25. The fraction of sp³-hybridized carbons (Fsp3) is 0.364. The highest BCUT2D eigenvalue weighted by Gasteiger charge is 2.31. The Balaban J connectivity index is 2.20. The molecule has 0 saturated carbocycles. The molecule has 0 saturated heterocycles. The molecule has 5 nitrogen and oxygen atoms in total. The molecule has 0 aliphatic carbocycles. The number of ether oxygens (including phenoxy) is 2. The van der Waals surface area contributed by atoms with E-state index in [9.17, 15) is 4.79 Å². The minimum Gasteiger partial charge on any atom is -0.454 e. The van der Waals surface area contributed by atoms with Crippen LogP contribution in [0.15, 0.2) is 18.2 Å². The number of amides is 1. The molecule has 1 aliphatic rings. The number of fused-ring (bicyclic) bond motifs is 1. The van der Waals surface area contributed by atoms with Crippen LogP contribution in [-0.4, -0.2) is 18.2 Å². The first-order valence-electron chi connectivity index (χ1n) is 5.03. The number of carbonyl (C=O) groups excluding carboxylic acids is 1. The van der Waals surface area contributed by atoms with Gasteiger partial charge in [-0.25, -0.2) is 0 Å². The Bertz CT molecular complexity index is 429. The molecule has 1 aromatic rings. The van der Waals surface area contributed by atoms with E-state index in [2.05, 4.69) is 5.73 Å². The predicted octanol–water partition coefficient (Wildman–Crippen LogP) is -0.556. The number of carbonyl (C=O) groups is 1. The zero-order valence-electron chi connectivity index (χ0n) is 9.16. The summed E-state index contributed by atoms with van der Waals surface area (Å²) in [5.74, 6) is 1.02. The normalized spacial score (nSPS) is 16.9. The summed E-state index contributed by atoms with van der Waals surface area (Å²) in [5, 5.41) is 0. The van der Waals surface area contributed by atoms with Gasteiger partial charge in [-0.3, -0.25) is 4.79 Å². The number of hydrogen-bond donors (Lipinski definition) is 2. The van der Waals surface area contributed by atoms with Gasteiger partial charge in [-0.05, 0) is 17.7 Å². The minimum absolute atomic E-state index is 0.246. The third-order valence-electron chi connectivity index (χ3n) is 2.63. The van der Waals surface area contributed by atoms with Crippen molar-refractivity contribution in [2.45, 2.75) is 18.9 Å². The smallest absolute Gasteiger partial charge is 0.278 e. The summed E-state index contributed by atoms with van der Waals surface area (Å²) in [7, 11) is 0. The zero-order chi connectivity index (χ0) is 11.8. The summed E-state index contributed by atoms with van der Waals surface area (Å²) in [6.07, 6.45) is 0.485. The molecule has 0 spiro atoms. The first kappa shape index (κ1) is 10.8. The highest BCUT2D eigenvalue weighted by atomic mass is 16.7. The van der Waals surface area contributed by atoms with E-state index in [0.717, 1.165) is 11.3 Å². The van der Waals surface area contributed by atoms with E-state index in [0.29, 0.717) is 12.2 Å². The van der Waals surface area contributed by atoms with Gasteiger partial charge in [0.25, 0.3) is 5.91 Å². The van der Waals surface area contributed by atoms with Gasteiger partial charge in [0.2, 0.25) is 6.79 Å². The Kier molecular flexibility index (Phi) is 2.47. The molecule has 0 fully saturated rings. The van der Waals surface area contributed by atoms with Crippen molar-refractivity contribution in [2.75, 3.05) is 6.79 Å². The van der Waals surface area contributed by atoms with Crippen molar-refractivity contribution in [1.82, 2.24) is 0 Å². The Morgan fingerprint density at radius 2 is 2.19 bits per heavy atom. The van der Waals surface area contributed by atoms with Gasteiger partial charge in [0, 0.05) is 13.3 Å². The molecule has 2 rings (SSSR count). The first-order valence-corrected chi connectivity index (χ1v) is 5.03. The topological polar surface area (TPSA) is 89.2 Å². The number of primary amides is 1. The molecule has 0 unspecified atom stereocenters. The third-order valence-corrected chi connectivity index (χ3v) is 2.63. The van der Waals surface area contributed by atoms with Crippen LogP contribution in [0.1, 0.15) is 12.5 Å². The van der Waals surface area contributed by atoms with Crippen LogP contribution >= 0.6 is 0 Å². The number of benzene rings is 1. The maximum atomic E-state index is 11.2. The van der Waals surface area contributed by atoms with Crippen LogP contribution in [0.25, 0.3) is 0 Å². The van der Waals surface area contributed by atoms with E-state index in [4.69, 9.17) is 15.2 Å². The molecule has 1 amide bonds. The third kappa shape index (κ3) is 1.94. The summed E-state index contributed by atoms with van der Waals surface area (Å²) in [4.78, 5) is 11.2. The fourth-order valence-electron chi connectivity index (χ4n) is 1.59. The van der Waals surface area contributed by atoms with Gasteiger partial charge in [0.1, 0.15) is 0 Å². The lowest BCUT2D eigenvalue weighted by molar-refractivity contribution is -0.451. The lowest BCUT2D eigenvalue weighted by atomic mass is 9.93. The minimum atomic E-state index is -0.798. The van der Waals surface area contributed by atoms with Crippen molar-refractivity contribution in [1.29, 1.82) is 0 Å². The lowest BCUT2D eigenvalue weighted by Gasteiger charge is -2.16. The Hall–Kier alpha value is -1.75. The molecular weight excluding hydrogens is 208 g/mol. The number of hydrogen-bond acceptors (Lipinski definition) is 3. The quantitative estimate of drug-likeness (QED) is 0.720. The van der Waals surface area contributed by atoms with E-state index in [-0.39, 0.29) is 6.79 Å². The molecule has 16 heavy (non-hydrogen) atoms. The first-order chi connectivity index (χ1) is 7.49. The highest BCUT2D eigenvalue weighted by molar-refractivity contribution is 5.82. The van der Waals surface area contributed by atoms with Gasteiger partial charge in [-0.2, -0.15) is 0 Å². The van der Waals surface area contributed by atoms with Gasteiger partial charge >= 0.3 is 0 Å². The number of quaternary nitrogens is 1. The molecule has 0 bridgehead atoms. The molecule has 1 aliphatic heterocycles. The molecule has 5 heteroatoms. The standard InChI is InChI=1S/C11H14N2O3/c1-11(13,10(12)14)5-7-2-3-8-9(4-7)16-6-15-8/h2-4H,5-6,13H2,1H3,(H2,12,14)/p+1/t11-/m0/s1. The van der Waals surface area contributed by atoms with E-state index in [1.807, 2.05) is 18.2 Å². The van der Waals surface area contributed by atoms with Crippen molar-refractivity contribution >= 4 is 5.91 Å². The second-order valence-corrected chi connectivity index (χ2v) is 4.29. The summed E-state index contributed by atoms with van der Waals surface area (Å²) < 4.78 is 10.5. The molecule has 1 atom stereocenters. The summed E-state index contributed by atoms with van der Waals surface area (Å²) in [6, 6.07) is 5.57. The fourth-order valence-corrected chi connectivity index (χ4v) is 1.59. The molecule has 0 aromatic heterocycles. The molecule has 1 heterocycles. The van der Waals surface area contributed by atoms with Crippen LogP contribution in [0.4, 0.5) is 0 Å². The van der Waals surface area contributed by atoms with Crippen molar-refractivity contribution in [3.05, 3.63) is 23.8 Å². The van der Waals surface area contributed by atoms with E-state index >= 15 is 0 Å². The largest absolute Gasteiger partial charge is 0.454 e. The lowest BCUT2D eigenvalue weighted by Crippen LogP contribution is -2.77. The maximum Gasteiger partial charge on any atom is 0.278 e. The van der Waals surface area contributed by atoms with Crippen LogP contribution in [0.5, 0.6) is 11.5 Å². The zero-order valence-corrected chi connectivity index (χ0v) is 9.16. The monoisotopic (exact) mass is 223 g/mol. The van der Waals surface area contributed by atoms with Gasteiger partial charge in [-0.1, -0.05) is 6.07 Å². The van der Waals surface area contributed by atoms with Crippen LogP contribution in [0.2, 0.25) is 0 Å². The maximum absolute atomic E-state index is 11.2. The second-order valence-electron chi connectivity index (χ2n) is 4.29. The van der Waals surface area contributed by atoms with Gasteiger partial charge in [0.15, 0.2) is 17.0 Å². The van der Waals surface area contributed by atoms with Crippen LogP contribution in [0.3, 0.4) is 0 Å². The van der Waals surface area contributed by atoms with E-state index in [1.54, 1.807) is 6.92 Å². The molecular formula is C11H15N2O3+. The Labute approximate surface area is 93.3 Å². The Morgan fingerprint density at radius 1 is 1.50 bits per heavy atom. The van der Waals surface area contributed by atoms with Crippen molar-refractivity contribution < 1.29 is 20.0 Å². The van der Waals surface area contributed by atoms with Crippen molar-refractivity contribution in [3.63, 3.8) is 0 Å². The summed E-state index contributed by atoms with van der Waals surface area (Å²) >= 11 is 0. The number of nitrogens with two attached hydrogens (primary N) is 1. The van der Waals surface area contributed by atoms with E-state index in [1.165, 1.54) is 0 Å². The average molecular weight is 223 g/mol. The highest BCUT2D eigenvalue weighted by Crippen LogP contribution is 2.33. The van der Waals surface area contributed by atoms with Crippen molar-refractivity contribution in [3.8, 4) is 11.5 Å². The second kappa shape index (κ2) is 3.68. The Morgan fingerprint density at radius 3 is 2.88 bits per heavy atom. The molecule has 86 valence electrons. The average Bonchev–Trinajstić information content (AvgIpc) is 2.63. The van der Waals surface area contributed by atoms with Crippen LogP contribution in [0, 0.1) is 0 Å². The van der Waals surface area contributed by atoms with Gasteiger partial charge in [-0.15, -0.1) is 0 Å². The van der Waals surface area contributed by atoms with Gasteiger partial charge < -0.3 is 20.9 Å². The molecule has 1 aromatic carbocycles. The van der Waals surface area contributed by atoms with Crippen LogP contribution < -0.4 is 20.9 Å². The van der Waals surface area contributed by atoms with Crippen LogP contribution in [-0.2, 0) is 11.2 Å². The van der Waals surface area contributed by atoms with Gasteiger partial charge in [0.05, 0.1) is 0 Å². The predicted molar refractivity (Wildman–Crippen MR) is 56.8 cm³/mol. The summed E-state index contributed by atoms with van der Waals surface area (Å²) in [6.45, 7) is 1.97. The van der Waals surface area contributed by atoms with E-state index < -0.39 is 11.4 Å². The van der Waals surface area contributed by atoms with Crippen molar-refractivity contribution in [2.24, 2.45) is 5.73 Å².